The standard InChI is InChI=1S/C16H27N3/c1-13-8-14(2)10-15(9-13)19-7-5-6-18(4)16(12-19)11-17-3/h8-10,16-17H,5-7,11-12H2,1-4H3. The van der Waals surface area contributed by atoms with Gasteiger partial charge in [-0.1, -0.05) is 6.07 Å². The molecule has 1 heterocycles. The summed E-state index contributed by atoms with van der Waals surface area (Å²) in [6.45, 7) is 8.89. The summed E-state index contributed by atoms with van der Waals surface area (Å²) in [4.78, 5) is 5.03. The highest BCUT2D eigenvalue weighted by molar-refractivity contribution is 5.51. The van der Waals surface area contributed by atoms with Gasteiger partial charge in [-0.15, -0.1) is 0 Å². The molecule has 0 spiro atoms. The van der Waals surface area contributed by atoms with Gasteiger partial charge in [-0.3, -0.25) is 0 Å². The number of aryl methyl sites for hydroxylation is 2. The van der Waals surface area contributed by atoms with Gasteiger partial charge in [0.1, 0.15) is 0 Å². The van der Waals surface area contributed by atoms with Crippen LogP contribution in [0.15, 0.2) is 18.2 Å². The van der Waals surface area contributed by atoms with Crippen LogP contribution >= 0.6 is 0 Å². The molecule has 1 aliphatic heterocycles. The minimum absolute atomic E-state index is 0.591. The van der Waals surface area contributed by atoms with Crippen molar-refractivity contribution in [1.29, 1.82) is 0 Å². The van der Waals surface area contributed by atoms with Gasteiger partial charge >= 0.3 is 0 Å². The molecule has 1 unspecified atom stereocenters. The Kier molecular flexibility index (Phi) is 4.83. The first-order chi connectivity index (χ1) is 9.10. The van der Waals surface area contributed by atoms with Crippen LogP contribution in [0, 0.1) is 13.8 Å². The summed E-state index contributed by atoms with van der Waals surface area (Å²) in [5.74, 6) is 0. The Hall–Kier alpha value is -1.06. The van der Waals surface area contributed by atoms with Crippen LogP contribution in [0.3, 0.4) is 0 Å². The second-order valence-electron chi connectivity index (χ2n) is 5.84. The topological polar surface area (TPSA) is 18.5 Å². The van der Waals surface area contributed by atoms with Gasteiger partial charge in [0.25, 0.3) is 0 Å². The fourth-order valence-electron chi connectivity index (χ4n) is 3.00. The van der Waals surface area contributed by atoms with Crippen molar-refractivity contribution in [2.45, 2.75) is 26.3 Å². The van der Waals surface area contributed by atoms with E-state index >= 15 is 0 Å². The van der Waals surface area contributed by atoms with E-state index in [0.29, 0.717) is 6.04 Å². The Labute approximate surface area is 117 Å². The van der Waals surface area contributed by atoms with Gasteiger partial charge in [0.2, 0.25) is 0 Å². The molecular formula is C16H27N3. The second kappa shape index (κ2) is 6.40. The minimum atomic E-state index is 0.591. The quantitative estimate of drug-likeness (QED) is 0.898. The third-order valence-electron chi connectivity index (χ3n) is 4.00. The van der Waals surface area contributed by atoms with Gasteiger partial charge in [0.05, 0.1) is 0 Å². The number of likely N-dealkylation sites (N-methyl/N-ethyl adjacent to an activating group) is 2. The van der Waals surface area contributed by atoms with Crippen molar-refractivity contribution in [1.82, 2.24) is 10.2 Å². The molecule has 0 bridgehead atoms. The third-order valence-corrected chi connectivity index (χ3v) is 4.00. The monoisotopic (exact) mass is 261 g/mol. The van der Waals surface area contributed by atoms with Crippen LogP contribution in [0.1, 0.15) is 17.5 Å². The molecule has 0 radical (unpaired) electrons. The Bertz CT molecular complexity index is 396. The zero-order valence-corrected chi connectivity index (χ0v) is 12.7. The first-order valence-electron chi connectivity index (χ1n) is 7.28. The summed E-state index contributed by atoms with van der Waals surface area (Å²) in [6, 6.07) is 7.47. The third kappa shape index (κ3) is 3.71. The van der Waals surface area contributed by atoms with Crippen molar-refractivity contribution in [3.8, 4) is 0 Å². The molecule has 3 nitrogen and oxygen atoms in total. The van der Waals surface area contributed by atoms with Gasteiger partial charge in [-0.25, -0.2) is 0 Å². The second-order valence-corrected chi connectivity index (χ2v) is 5.84. The summed E-state index contributed by atoms with van der Waals surface area (Å²) in [7, 11) is 4.28. The molecule has 1 fully saturated rings. The fourth-order valence-corrected chi connectivity index (χ4v) is 3.00. The van der Waals surface area contributed by atoms with Crippen LogP contribution in [0.25, 0.3) is 0 Å². The molecule has 0 amide bonds. The van der Waals surface area contributed by atoms with Gasteiger partial charge in [0.15, 0.2) is 0 Å². The lowest BCUT2D eigenvalue weighted by Gasteiger charge is -2.30. The van der Waals surface area contributed by atoms with Crippen molar-refractivity contribution < 1.29 is 0 Å². The molecule has 2 rings (SSSR count). The van der Waals surface area contributed by atoms with Crippen LogP contribution in [0.4, 0.5) is 5.69 Å². The Morgan fingerprint density at radius 3 is 2.47 bits per heavy atom. The highest BCUT2D eigenvalue weighted by atomic mass is 15.2. The number of hydrogen-bond acceptors (Lipinski definition) is 3. The van der Waals surface area contributed by atoms with Crippen LogP contribution < -0.4 is 10.2 Å². The summed E-state index contributed by atoms with van der Waals surface area (Å²) in [5.41, 5.74) is 4.10. The van der Waals surface area contributed by atoms with Gasteiger partial charge < -0.3 is 15.1 Å². The maximum absolute atomic E-state index is 3.32. The Morgan fingerprint density at radius 1 is 1.16 bits per heavy atom. The van der Waals surface area contributed by atoms with Crippen LogP contribution in [0.2, 0.25) is 0 Å². The van der Waals surface area contributed by atoms with Crippen molar-refractivity contribution in [3.63, 3.8) is 0 Å². The van der Waals surface area contributed by atoms with Crippen molar-refractivity contribution in [2.75, 3.05) is 45.2 Å². The first-order valence-corrected chi connectivity index (χ1v) is 7.28. The van der Waals surface area contributed by atoms with E-state index in [-0.39, 0.29) is 0 Å². The SMILES string of the molecule is CNCC1CN(c2cc(C)cc(C)c2)CCCN1C. The van der Waals surface area contributed by atoms with E-state index < -0.39 is 0 Å². The molecule has 1 aliphatic rings. The predicted molar refractivity (Wildman–Crippen MR) is 83.1 cm³/mol. The average molecular weight is 261 g/mol. The number of rotatable bonds is 3. The zero-order valence-electron chi connectivity index (χ0n) is 12.7. The summed E-state index contributed by atoms with van der Waals surface area (Å²) < 4.78 is 0. The largest absolute Gasteiger partial charge is 0.370 e. The molecule has 1 aromatic carbocycles. The molecule has 0 aromatic heterocycles. The summed E-state index contributed by atoms with van der Waals surface area (Å²) in [6.07, 6.45) is 1.24. The number of anilines is 1. The molecule has 3 heteroatoms. The highest BCUT2D eigenvalue weighted by Crippen LogP contribution is 2.21. The molecular weight excluding hydrogens is 234 g/mol. The minimum Gasteiger partial charge on any atom is -0.370 e. The number of nitrogens with one attached hydrogen (secondary N) is 1. The van der Waals surface area contributed by atoms with E-state index in [9.17, 15) is 0 Å². The van der Waals surface area contributed by atoms with E-state index in [1.165, 1.54) is 29.8 Å². The lowest BCUT2D eigenvalue weighted by molar-refractivity contribution is 0.257. The first kappa shape index (κ1) is 14.4. The highest BCUT2D eigenvalue weighted by Gasteiger charge is 2.22. The zero-order chi connectivity index (χ0) is 13.8. The molecule has 1 atom stereocenters. The molecule has 19 heavy (non-hydrogen) atoms. The number of benzene rings is 1. The van der Waals surface area contributed by atoms with E-state index in [0.717, 1.165) is 19.6 Å². The Morgan fingerprint density at radius 2 is 1.84 bits per heavy atom. The smallest absolute Gasteiger partial charge is 0.0392 e. The molecule has 106 valence electrons. The van der Waals surface area contributed by atoms with E-state index in [1.54, 1.807) is 0 Å². The fraction of sp³-hybridized carbons (Fsp3) is 0.625. The summed E-state index contributed by atoms with van der Waals surface area (Å²) in [5, 5.41) is 3.32. The predicted octanol–water partition coefficient (Wildman–Crippen LogP) is 2.03. The van der Waals surface area contributed by atoms with E-state index in [4.69, 9.17) is 0 Å². The lowest BCUT2D eigenvalue weighted by atomic mass is 10.1. The molecule has 0 aliphatic carbocycles. The van der Waals surface area contributed by atoms with Crippen molar-refractivity contribution >= 4 is 5.69 Å². The molecule has 1 aromatic rings. The number of nitrogens with zero attached hydrogens (tertiary/aromatic N) is 2. The normalized spacial score (nSPS) is 21.5. The van der Waals surface area contributed by atoms with Gasteiger partial charge in [0, 0.05) is 31.4 Å². The van der Waals surface area contributed by atoms with Crippen molar-refractivity contribution in [2.24, 2.45) is 0 Å². The van der Waals surface area contributed by atoms with Crippen LogP contribution in [-0.4, -0.2) is 51.2 Å². The average Bonchev–Trinajstić information content (AvgIpc) is 2.52. The number of hydrogen-bond donors (Lipinski definition) is 1. The van der Waals surface area contributed by atoms with Gasteiger partial charge in [-0.2, -0.15) is 0 Å². The van der Waals surface area contributed by atoms with E-state index in [2.05, 4.69) is 54.2 Å². The molecule has 1 N–H and O–H groups in total. The lowest BCUT2D eigenvalue weighted by Crippen LogP contribution is -2.44. The maximum atomic E-state index is 3.32. The van der Waals surface area contributed by atoms with Crippen LogP contribution in [0.5, 0.6) is 0 Å². The molecule has 0 saturated carbocycles. The van der Waals surface area contributed by atoms with Crippen molar-refractivity contribution in [3.05, 3.63) is 29.3 Å². The molecule has 1 saturated heterocycles. The van der Waals surface area contributed by atoms with Gasteiger partial charge in [-0.05, 0) is 64.2 Å². The Balaban J connectivity index is 2.18. The van der Waals surface area contributed by atoms with Crippen LogP contribution in [-0.2, 0) is 0 Å². The maximum Gasteiger partial charge on any atom is 0.0392 e. The van der Waals surface area contributed by atoms with E-state index in [1.807, 2.05) is 7.05 Å². The summed E-state index contributed by atoms with van der Waals surface area (Å²) >= 11 is 0.